The molecule has 1 saturated heterocycles. The molecule has 0 amide bonds. The second-order valence-corrected chi connectivity index (χ2v) is 5.42. The van der Waals surface area contributed by atoms with Crippen LogP contribution in [0.15, 0.2) is 0 Å². The van der Waals surface area contributed by atoms with Gasteiger partial charge in [0.25, 0.3) is 0 Å². The number of piperidine rings is 1. The molecule has 0 aromatic carbocycles. The monoisotopic (exact) mass is 216 g/mol. The lowest BCUT2D eigenvalue weighted by Gasteiger charge is -2.30. The van der Waals surface area contributed by atoms with Gasteiger partial charge in [0.2, 0.25) is 10.0 Å². The summed E-state index contributed by atoms with van der Waals surface area (Å²) >= 11 is 0. The Bertz CT molecular complexity index is 310. The summed E-state index contributed by atoms with van der Waals surface area (Å²) in [5, 5.41) is 0. The number of hydrogen-bond donors (Lipinski definition) is 1. The van der Waals surface area contributed by atoms with Gasteiger partial charge in [-0.15, -0.1) is 6.42 Å². The molecule has 0 bridgehead atoms. The van der Waals surface area contributed by atoms with Crippen molar-refractivity contribution >= 4 is 10.0 Å². The Labute approximate surface area is 85.7 Å². The number of likely N-dealkylation sites (tertiary alicyclic amines) is 1. The Morgan fingerprint density at radius 2 is 2.07 bits per heavy atom. The van der Waals surface area contributed by atoms with Gasteiger partial charge in [-0.1, -0.05) is 5.92 Å². The molecule has 1 rings (SSSR count). The minimum absolute atomic E-state index is 0.0824. The van der Waals surface area contributed by atoms with Crippen molar-refractivity contribution in [1.29, 1.82) is 0 Å². The molecule has 0 atom stereocenters. The number of nitrogens with zero attached hydrogens (tertiary/aromatic N) is 1. The summed E-state index contributed by atoms with van der Waals surface area (Å²) in [5.41, 5.74) is 0. The van der Waals surface area contributed by atoms with Crippen molar-refractivity contribution in [3.63, 3.8) is 0 Å². The molecule has 14 heavy (non-hydrogen) atoms. The molecular weight excluding hydrogens is 200 g/mol. The fraction of sp³-hybridized carbons (Fsp3) is 0.778. The molecule has 5 heteroatoms. The molecule has 0 aromatic rings. The number of hydrogen-bond acceptors (Lipinski definition) is 3. The summed E-state index contributed by atoms with van der Waals surface area (Å²) in [7, 11) is -3.06. The van der Waals surface area contributed by atoms with Crippen molar-refractivity contribution in [1.82, 2.24) is 9.62 Å². The Kier molecular flexibility index (Phi) is 3.93. The lowest BCUT2D eigenvalue weighted by atomic mass is 10.1. The topological polar surface area (TPSA) is 49.4 Å². The molecule has 4 nitrogen and oxygen atoms in total. The summed E-state index contributed by atoms with van der Waals surface area (Å²) in [4.78, 5) is 2.15. The van der Waals surface area contributed by atoms with E-state index in [2.05, 4.69) is 15.5 Å². The van der Waals surface area contributed by atoms with Crippen molar-refractivity contribution in [2.75, 3.05) is 25.9 Å². The SMILES string of the molecule is C#CCN1CCC(NS(C)(=O)=O)CC1. The molecule has 0 saturated carbocycles. The molecule has 1 heterocycles. The molecule has 1 aliphatic heterocycles. The third kappa shape index (κ3) is 4.09. The summed E-state index contributed by atoms with van der Waals surface area (Å²) < 4.78 is 24.5. The maximum Gasteiger partial charge on any atom is 0.208 e. The van der Waals surface area contributed by atoms with E-state index >= 15 is 0 Å². The number of sulfonamides is 1. The molecule has 1 fully saturated rings. The lowest BCUT2D eigenvalue weighted by Crippen LogP contribution is -2.44. The van der Waals surface area contributed by atoms with Gasteiger partial charge in [0.1, 0.15) is 0 Å². The van der Waals surface area contributed by atoms with Crippen LogP contribution in [0, 0.1) is 12.3 Å². The fourth-order valence-electron chi connectivity index (χ4n) is 1.64. The molecule has 0 spiro atoms. The minimum atomic E-state index is -3.06. The first kappa shape index (κ1) is 11.5. The molecule has 1 N–H and O–H groups in total. The van der Waals surface area contributed by atoms with Gasteiger partial charge in [-0.2, -0.15) is 0 Å². The van der Waals surface area contributed by atoms with E-state index in [0.29, 0.717) is 6.54 Å². The maximum absolute atomic E-state index is 10.9. The smallest absolute Gasteiger partial charge is 0.208 e. The highest BCUT2D eigenvalue weighted by Gasteiger charge is 2.20. The third-order valence-corrected chi connectivity index (χ3v) is 3.04. The van der Waals surface area contributed by atoms with Crippen molar-refractivity contribution in [3.8, 4) is 12.3 Å². The van der Waals surface area contributed by atoms with Crippen LogP contribution in [0.25, 0.3) is 0 Å². The first-order valence-corrected chi connectivity index (χ1v) is 6.53. The maximum atomic E-state index is 10.9. The van der Waals surface area contributed by atoms with Crippen LogP contribution in [0.2, 0.25) is 0 Å². The van der Waals surface area contributed by atoms with E-state index in [1.54, 1.807) is 0 Å². The summed E-state index contributed by atoms with van der Waals surface area (Å²) in [6.07, 6.45) is 8.07. The highest BCUT2D eigenvalue weighted by atomic mass is 32.2. The summed E-state index contributed by atoms with van der Waals surface area (Å²) in [5.74, 6) is 2.59. The number of rotatable bonds is 3. The van der Waals surface area contributed by atoms with E-state index in [1.807, 2.05) is 0 Å². The summed E-state index contributed by atoms with van der Waals surface area (Å²) in [6, 6.07) is 0.0824. The Balaban J connectivity index is 2.33. The molecule has 80 valence electrons. The van der Waals surface area contributed by atoms with Crippen molar-refractivity contribution in [3.05, 3.63) is 0 Å². The van der Waals surface area contributed by atoms with Crippen LogP contribution in [0.3, 0.4) is 0 Å². The third-order valence-electron chi connectivity index (χ3n) is 2.28. The average molecular weight is 216 g/mol. The van der Waals surface area contributed by atoms with Crippen LogP contribution in [-0.4, -0.2) is 45.2 Å². The largest absolute Gasteiger partial charge is 0.292 e. The molecule has 1 aliphatic rings. The second-order valence-electron chi connectivity index (χ2n) is 3.64. The van der Waals surface area contributed by atoms with Gasteiger partial charge in [0.05, 0.1) is 12.8 Å². The fourth-order valence-corrected chi connectivity index (χ4v) is 2.48. The van der Waals surface area contributed by atoms with Gasteiger partial charge in [0, 0.05) is 19.1 Å². The normalized spacial score (nSPS) is 20.6. The zero-order valence-electron chi connectivity index (χ0n) is 8.36. The van der Waals surface area contributed by atoms with Gasteiger partial charge in [-0.3, -0.25) is 4.90 Å². The van der Waals surface area contributed by atoms with Crippen LogP contribution >= 0.6 is 0 Å². The van der Waals surface area contributed by atoms with E-state index < -0.39 is 10.0 Å². The quantitative estimate of drug-likeness (QED) is 0.655. The van der Waals surface area contributed by atoms with E-state index in [0.717, 1.165) is 25.9 Å². The van der Waals surface area contributed by atoms with Crippen molar-refractivity contribution in [2.24, 2.45) is 0 Å². The van der Waals surface area contributed by atoms with E-state index in [4.69, 9.17) is 6.42 Å². The number of nitrogens with one attached hydrogen (secondary N) is 1. The van der Waals surface area contributed by atoms with Gasteiger partial charge in [0.15, 0.2) is 0 Å². The number of terminal acetylenes is 1. The Hall–Kier alpha value is -0.570. The van der Waals surface area contributed by atoms with Crippen LogP contribution in [0.4, 0.5) is 0 Å². The van der Waals surface area contributed by atoms with E-state index in [9.17, 15) is 8.42 Å². The van der Waals surface area contributed by atoms with Crippen molar-refractivity contribution < 1.29 is 8.42 Å². The van der Waals surface area contributed by atoms with Crippen LogP contribution in [-0.2, 0) is 10.0 Å². The second kappa shape index (κ2) is 4.78. The van der Waals surface area contributed by atoms with E-state index in [-0.39, 0.29) is 6.04 Å². The molecule has 0 aliphatic carbocycles. The standard InChI is InChI=1S/C9H16N2O2S/c1-3-6-11-7-4-9(5-8-11)10-14(2,12)13/h1,9-10H,4-8H2,2H3. The van der Waals surface area contributed by atoms with Gasteiger partial charge in [-0.05, 0) is 12.8 Å². The van der Waals surface area contributed by atoms with E-state index in [1.165, 1.54) is 6.26 Å². The Morgan fingerprint density at radius 1 is 1.50 bits per heavy atom. The summed E-state index contributed by atoms with van der Waals surface area (Å²) in [6.45, 7) is 2.40. The molecular formula is C9H16N2O2S. The van der Waals surface area contributed by atoms with Gasteiger partial charge < -0.3 is 0 Å². The molecule has 0 unspecified atom stereocenters. The first-order valence-electron chi connectivity index (χ1n) is 4.64. The van der Waals surface area contributed by atoms with Crippen LogP contribution in [0.5, 0.6) is 0 Å². The molecule has 0 radical (unpaired) electrons. The van der Waals surface area contributed by atoms with Gasteiger partial charge in [-0.25, -0.2) is 13.1 Å². The highest BCUT2D eigenvalue weighted by molar-refractivity contribution is 7.88. The predicted molar refractivity (Wildman–Crippen MR) is 56.3 cm³/mol. The van der Waals surface area contributed by atoms with Gasteiger partial charge >= 0.3 is 0 Å². The molecule has 0 aromatic heterocycles. The predicted octanol–water partition coefficient (Wildman–Crippen LogP) is -0.367. The minimum Gasteiger partial charge on any atom is -0.292 e. The van der Waals surface area contributed by atoms with Crippen molar-refractivity contribution in [2.45, 2.75) is 18.9 Å². The Morgan fingerprint density at radius 3 is 2.50 bits per heavy atom. The zero-order chi connectivity index (χ0) is 10.6. The highest BCUT2D eigenvalue weighted by Crippen LogP contribution is 2.10. The van der Waals surface area contributed by atoms with Crippen LogP contribution < -0.4 is 4.72 Å². The first-order chi connectivity index (χ1) is 6.51. The zero-order valence-corrected chi connectivity index (χ0v) is 9.18. The lowest BCUT2D eigenvalue weighted by molar-refractivity contribution is 0.230. The average Bonchev–Trinajstić information content (AvgIpc) is 2.06. The van der Waals surface area contributed by atoms with Crippen LogP contribution in [0.1, 0.15) is 12.8 Å².